The quantitative estimate of drug-likeness (QED) is 0.611. The first-order valence-corrected chi connectivity index (χ1v) is 7.07. The molecule has 1 fully saturated rings. The molecule has 1 aliphatic heterocycles. The van der Waals surface area contributed by atoms with Gasteiger partial charge in [-0.15, -0.1) is 23.5 Å². The van der Waals surface area contributed by atoms with Gasteiger partial charge in [-0.05, 0) is 19.1 Å². The molecule has 1 atom stereocenters. The van der Waals surface area contributed by atoms with E-state index >= 15 is 0 Å². The first kappa shape index (κ1) is 12.7. The third-order valence-corrected chi connectivity index (χ3v) is 4.28. The van der Waals surface area contributed by atoms with Gasteiger partial charge in [0.1, 0.15) is 5.03 Å². The van der Waals surface area contributed by atoms with Crippen LogP contribution in [0.5, 0.6) is 0 Å². The molecule has 1 aliphatic rings. The Bertz CT molecular complexity index is 261. The summed E-state index contributed by atoms with van der Waals surface area (Å²) in [5, 5.41) is 14.8. The van der Waals surface area contributed by atoms with Crippen LogP contribution in [-0.4, -0.2) is 28.2 Å². The first-order chi connectivity index (χ1) is 7.16. The summed E-state index contributed by atoms with van der Waals surface area (Å²) >= 11 is 3.18. The Labute approximate surface area is 98.4 Å². The van der Waals surface area contributed by atoms with Crippen LogP contribution in [-0.2, 0) is 0 Å². The average Bonchev–Trinajstić information content (AvgIpc) is 2.19. The van der Waals surface area contributed by atoms with Crippen LogP contribution < -0.4 is 5.32 Å². The summed E-state index contributed by atoms with van der Waals surface area (Å²) in [6, 6.07) is 0. The van der Waals surface area contributed by atoms with Gasteiger partial charge in [0, 0.05) is 12.3 Å². The molecule has 15 heavy (non-hydrogen) atoms. The molecular formula is C9H16N2O2S2. The number of nitro groups is 1. The van der Waals surface area contributed by atoms with Gasteiger partial charge in [-0.3, -0.25) is 10.1 Å². The lowest BCUT2D eigenvalue weighted by atomic mass is 10.3. The topological polar surface area (TPSA) is 55.2 Å². The highest BCUT2D eigenvalue weighted by atomic mass is 32.2. The summed E-state index contributed by atoms with van der Waals surface area (Å²) in [6.07, 6.45) is 1.08. The van der Waals surface area contributed by atoms with E-state index in [9.17, 15) is 10.1 Å². The van der Waals surface area contributed by atoms with Gasteiger partial charge in [-0.1, -0.05) is 6.92 Å². The highest BCUT2D eigenvalue weighted by molar-refractivity contribution is 8.03. The predicted octanol–water partition coefficient (Wildman–Crippen LogP) is 2.30. The highest BCUT2D eigenvalue weighted by Gasteiger charge is 2.27. The van der Waals surface area contributed by atoms with Crippen LogP contribution >= 0.6 is 23.5 Å². The van der Waals surface area contributed by atoms with Gasteiger partial charge in [-0.2, -0.15) is 0 Å². The van der Waals surface area contributed by atoms with Crippen molar-refractivity contribution in [2.45, 2.75) is 25.5 Å². The van der Waals surface area contributed by atoms with E-state index in [1.165, 1.54) is 0 Å². The molecule has 6 heteroatoms. The van der Waals surface area contributed by atoms with Gasteiger partial charge in [0.25, 0.3) is 5.70 Å². The number of thioether (sulfide) groups is 2. The van der Waals surface area contributed by atoms with Crippen LogP contribution in [0.15, 0.2) is 10.7 Å². The molecule has 1 unspecified atom stereocenters. The van der Waals surface area contributed by atoms with Crippen molar-refractivity contribution in [3.05, 3.63) is 20.8 Å². The zero-order valence-electron chi connectivity index (χ0n) is 8.99. The van der Waals surface area contributed by atoms with E-state index in [2.05, 4.69) is 5.32 Å². The van der Waals surface area contributed by atoms with Crippen molar-refractivity contribution < 1.29 is 4.92 Å². The molecule has 0 aromatic heterocycles. The minimum Gasteiger partial charge on any atom is -0.374 e. The third kappa shape index (κ3) is 3.61. The maximum Gasteiger partial charge on any atom is 0.288 e. The van der Waals surface area contributed by atoms with Crippen LogP contribution in [0.4, 0.5) is 0 Å². The van der Waals surface area contributed by atoms with E-state index in [-0.39, 0.29) is 10.2 Å². The average molecular weight is 248 g/mol. The Morgan fingerprint density at radius 3 is 3.00 bits per heavy atom. The molecule has 0 aliphatic carbocycles. The second-order valence-corrected chi connectivity index (χ2v) is 5.92. The molecule has 1 rings (SSSR count). The minimum absolute atomic E-state index is 0.0434. The summed E-state index contributed by atoms with van der Waals surface area (Å²) in [6.45, 7) is 4.77. The molecule has 0 saturated carbocycles. The van der Waals surface area contributed by atoms with Gasteiger partial charge in [0.05, 0.1) is 10.2 Å². The van der Waals surface area contributed by atoms with Gasteiger partial charge in [0.15, 0.2) is 0 Å². The van der Waals surface area contributed by atoms with Crippen molar-refractivity contribution >= 4 is 23.5 Å². The maximum atomic E-state index is 11.0. The van der Waals surface area contributed by atoms with E-state index in [1.54, 1.807) is 23.5 Å². The first-order valence-electron chi connectivity index (χ1n) is 5.03. The normalized spacial score (nSPS) is 21.7. The van der Waals surface area contributed by atoms with Gasteiger partial charge in [-0.25, -0.2) is 0 Å². The second kappa shape index (κ2) is 6.27. The molecule has 0 aromatic rings. The predicted molar refractivity (Wildman–Crippen MR) is 66.7 cm³/mol. The number of nitrogens with zero attached hydrogens (tertiary/aromatic N) is 1. The van der Waals surface area contributed by atoms with Crippen LogP contribution in [0, 0.1) is 10.1 Å². The zero-order valence-corrected chi connectivity index (χ0v) is 10.6. The maximum absolute atomic E-state index is 11.0. The number of hydrogen-bond acceptors (Lipinski definition) is 5. The molecule has 1 heterocycles. The van der Waals surface area contributed by atoms with E-state index in [1.807, 2.05) is 13.8 Å². The smallest absolute Gasteiger partial charge is 0.288 e. The van der Waals surface area contributed by atoms with Crippen LogP contribution in [0.25, 0.3) is 0 Å². The molecule has 4 nitrogen and oxygen atoms in total. The van der Waals surface area contributed by atoms with Crippen LogP contribution in [0.3, 0.4) is 0 Å². The largest absolute Gasteiger partial charge is 0.374 e. The highest BCUT2D eigenvalue weighted by Crippen LogP contribution is 2.28. The summed E-state index contributed by atoms with van der Waals surface area (Å²) in [5.41, 5.74) is 0.339. The molecule has 0 spiro atoms. The zero-order chi connectivity index (χ0) is 11.3. The Kier molecular flexibility index (Phi) is 5.31. The summed E-state index contributed by atoms with van der Waals surface area (Å²) in [4.78, 5) is 10.8. The van der Waals surface area contributed by atoms with Crippen molar-refractivity contribution in [3.8, 4) is 0 Å². The number of nitrogens with one attached hydrogen (secondary N) is 1. The van der Waals surface area contributed by atoms with E-state index in [4.69, 9.17) is 0 Å². The van der Waals surface area contributed by atoms with Crippen molar-refractivity contribution in [3.63, 3.8) is 0 Å². The van der Waals surface area contributed by atoms with Gasteiger partial charge < -0.3 is 5.32 Å². The third-order valence-electron chi connectivity index (χ3n) is 2.08. The van der Waals surface area contributed by atoms with Crippen molar-refractivity contribution in [2.24, 2.45) is 0 Å². The van der Waals surface area contributed by atoms with Crippen LogP contribution in [0.1, 0.15) is 20.3 Å². The fourth-order valence-corrected chi connectivity index (χ4v) is 3.44. The fraction of sp³-hybridized carbons (Fsp3) is 0.778. The second-order valence-electron chi connectivity index (χ2n) is 3.20. The Morgan fingerprint density at radius 1 is 1.80 bits per heavy atom. The van der Waals surface area contributed by atoms with Gasteiger partial charge >= 0.3 is 0 Å². The SMILES string of the molecule is CCSC(C)C(=C1NCCCS1)[N+](=O)[O-]. The Hall–Kier alpha value is -0.360. The molecule has 0 radical (unpaired) electrons. The monoisotopic (exact) mass is 248 g/mol. The van der Waals surface area contributed by atoms with Crippen molar-refractivity contribution in [2.75, 3.05) is 18.1 Å². The molecular weight excluding hydrogens is 232 g/mol. The molecule has 1 N–H and O–H groups in total. The van der Waals surface area contributed by atoms with E-state index in [0.29, 0.717) is 5.70 Å². The summed E-state index contributed by atoms with van der Waals surface area (Å²) in [7, 11) is 0. The van der Waals surface area contributed by atoms with Crippen LogP contribution in [0.2, 0.25) is 0 Å². The lowest BCUT2D eigenvalue weighted by Gasteiger charge is -2.18. The standard InChI is InChI=1S/C9H16N2O2S2/c1-3-14-7(2)8(11(12)13)9-10-5-4-6-15-9/h7,10H,3-6H2,1-2H3. The van der Waals surface area contributed by atoms with Crippen molar-refractivity contribution in [1.82, 2.24) is 5.32 Å². The summed E-state index contributed by atoms with van der Waals surface area (Å²) < 4.78 is 0. The van der Waals surface area contributed by atoms with Crippen molar-refractivity contribution in [1.29, 1.82) is 0 Å². The van der Waals surface area contributed by atoms with E-state index < -0.39 is 0 Å². The molecule has 0 aromatic carbocycles. The summed E-state index contributed by atoms with van der Waals surface area (Å²) in [5.74, 6) is 1.87. The molecule has 0 bridgehead atoms. The Morgan fingerprint density at radius 2 is 2.53 bits per heavy atom. The lowest BCUT2D eigenvalue weighted by molar-refractivity contribution is -0.427. The lowest BCUT2D eigenvalue weighted by Crippen LogP contribution is -2.25. The Balaban J connectivity index is 2.83. The minimum atomic E-state index is -0.242. The fourth-order valence-electron chi connectivity index (χ4n) is 1.41. The molecule has 86 valence electrons. The number of rotatable bonds is 4. The van der Waals surface area contributed by atoms with Gasteiger partial charge in [0.2, 0.25) is 0 Å². The molecule has 1 saturated heterocycles. The number of hydrogen-bond donors (Lipinski definition) is 1. The van der Waals surface area contributed by atoms with E-state index in [0.717, 1.165) is 29.5 Å². The molecule has 0 amide bonds.